The van der Waals surface area contributed by atoms with E-state index < -0.39 is 0 Å². The number of benzene rings is 1. The fourth-order valence-electron chi connectivity index (χ4n) is 2.73. The Morgan fingerprint density at radius 1 is 1.00 bits per heavy atom. The van der Waals surface area contributed by atoms with Crippen molar-refractivity contribution in [2.75, 3.05) is 19.5 Å². The van der Waals surface area contributed by atoms with Crippen molar-refractivity contribution in [3.63, 3.8) is 0 Å². The lowest BCUT2D eigenvalue weighted by molar-refractivity contribution is 0.395. The summed E-state index contributed by atoms with van der Waals surface area (Å²) in [5.41, 5.74) is 1.06. The summed E-state index contributed by atoms with van der Waals surface area (Å²) in [6.45, 7) is 0. The van der Waals surface area contributed by atoms with Crippen molar-refractivity contribution in [2.45, 2.75) is 18.9 Å². The van der Waals surface area contributed by atoms with Gasteiger partial charge in [-0.15, -0.1) is 0 Å². The Kier molecular flexibility index (Phi) is 4.88. The van der Waals surface area contributed by atoms with Gasteiger partial charge in [0.15, 0.2) is 5.82 Å². The molecule has 27 heavy (non-hydrogen) atoms. The van der Waals surface area contributed by atoms with Crippen LogP contribution in [0.1, 0.15) is 12.8 Å². The van der Waals surface area contributed by atoms with E-state index in [0.717, 1.165) is 18.2 Å². The summed E-state index contributed by atoms with van der Waals surface area (Å²) in [6, 6.07) is 3.74. The average molecular weight is 426 g/mol. The number of pyridine rings is 1. The van der Waals surface area contributed by atoms with Crippen molar-refractivity contribution in [3.8, 4) is 22.9 Å². The van der Waals surface area contributed by atoms with Crippen LogP contribution in [0.2, 0.25) is 15.2 Å². The first-order chi connectivity index (χ1) is 13.0. The molecule has 0 bridgehead atoms. The molecule has 4 rings (SSSR count). The van der Waals surface area contributed by atoms with Crippen LogP contribution in [0.5, 0.6) is 11.5 Å². The maximum atomic E-state index is 6.52. The Morgan fingerprint density at radius 3 is 2.26 bits per heavy atom. The monoisotopic (exact) mass is 424 g/mol. The van der Waals surface area contributed by atoms with E-state index in [1.165, 1.54) is 14.2 Å². The van der Waals surface area contributed by atoms with Crippen LogP contribution in [0.15, 0.2) is 18.3 Å². The SMILES string of the molecule is COc1cc(OC)c(Cl)c(-c2nc(NC3CC3)c3cc(Cl)ncc3n2)c1Cl. The van der Waals surface area contributed by atoms with Gasteiger partial charge in [-0.3, -0.25) is 0 Å². The summed E-state index contributed by atoms with van der Waals surface area (Å²) in [4.78, 5) is 13.4. The molecule has 1 N–H and O–H groups in total. The Morgan fingerprint density at radius 2 is 1.67 bits per heavy atom. The Bertz CT molecular complexity index is 1010. The minimum Gasteiger partial charge on any atom is -0.495 e. The van der Waals surface area contributed by atoms with Crippen molar-refractivity contribution in [3.05, 3.63) is 33.5 Å². The lowest BCUT2D eigenvalue weighted by atomic mass is 10.1. The van der Waals surface area contributed by atoms with Crippen molar-refractivity contribution in [1.29, 1.82) is 0 Å². The second kappa shape index (κ2) is 7.19. The van der Waals surface area contributed by atoms with Crippen LogP contribution in [0, 0.1) is 0 Å². The number of aromatic nitrogens is 3. The number of hydrogen-bond acceptors (Lipinski definition) is 6. The van der Waals surface area contributed by atoms with Crippen LogP contribution in [0.4, 0.5) is 5.82 Å². The molecule has 3 aromatic rings. The molecule has 1 saturated carbocycles. The molecule has 1 aromatic carbocycles. The van der Waals surface area contributed by atoms with Gasteiger partial charge in [0.05, 0.1) is 41.5 Å². The number of ether oxygens (including phenoxy) is 2. The molecule has 0 spiro atoms. The molecule has 140 valence electrons. The molecular weight excluding hydrogens is 411 g/mol. The quantitative estimate of drug-likeness (QED) is 0.564. The number of anilines is 1. The van der Waals surface area contributed by atoms with Crippen LogP contribution in [-0.4, -0.2) is 35.2 Å². The molecule has 1 fully saturated rings. The van der Waals surface area contributed by atoms with Gasteiger partial charge in [0.1, 0.15) is 22.5 Å². The van der Waals surface area contributed by atoms with Gasteiger partial charge in [0.2, 0.25) is 0 Å². The standard InChI is InChI=1S/C18H15Cl3N4O2/c1-26-11-6-12(27-2)16(21)14(15(11)20)18-24-10-7-22-13(19)5-9(10)17(25-18)23-8-3-4-8/h5-8H,3-4H2,1-2H3,(H,23,24,25). The predicted molar refractivity (Wildman–Crippen MR) is 108 cm³/mol. The first-order valence-corrected chi connectivity index (χ1v) is 9.35. The maximum absolute atomic E-state index is 6.52. The van der Waals surface area contributed by atoms with Crippen molar-refractivity contribution < 1.29 is 9.47 Å². The maximum Gasteiger partial charge on any atom is 0.165 e. The largest absolute Gasteiger partial charge is 0.495 e. The number of rotatable bonds is 5. The number of fused-ring (bicyclic) bond motifs is 1. The zero-order chi connectivity index (χ0) is 19.1. The van der Waals surface area contributed by atoms with Gasteiger partial charge in [0.25, 0.3) is 0 Å². The molecule has 0 atom stereocenters. The third kappa shape index (κ3) is 3.45. The first kappa shape index (κ1) is 18.3. The third-order valence-corrected chi connectivity index (χ3v) is 5.22. The summed E-state index contributed by atoms with van der Waals surface area (Å²) in [6.07, 6.45) is 3.78. The number of hydrogen-bond donors (Lipinski definition) is 1. The highest BCUT2D eigenvalue weighted by Crippen LogP contribution is 2.45. The Balaban J connectivity index is 1.98. The number of methoxy groups -OCH3 is 2. The number of halogens is 3. The third-order valence-electron chi connectivity index (χ3n) is 4.26. The van der Waals surface area contributed by atoms with Crippen LogP contribution in [-0.2, 0) is 0 Å². The summed E-state index contributed by atoms with van der Waals surface area (Å²) < 4.78 is 10.7. The highest BCUT2D eigenvalue weighted by atomic mass is 35.5. The van der Waals surface area contributed by atoms with Crippen molar-refractivity contribution in [2.24, 2.45) is 0 Å². The minimum atomic E-state index is 0.307. The highest BCUT2D eigenvalue weighted by molar-refractivity contribution is 6.41. The molecule has 6 nitrogen and oxygen atoms in total. The zero-order valence-corrected chi connectivity index (χ0v) is 16.8. The summed E-state index contributed by atoms with van der Waals surface area (Å²) in [7, 11) is 3.04. The second-order valence-corrected chi connectivity index (χ2v) is 7.27. The molecule has 1 aliphatic carbocycles. The van der Waals surface area contributed by atoms with Gasteiger partial charge in [-0.1, -0.05) is 34.8 Å². The van der Waals surface area contributed by atoms with E-state index in [2.05, 4.69) is 20.3 Å². The van der Waals surface area contributed by atoms with Gasteiger partial charge in [-0.05, 0) is 18.9 Å². The molecule has 0 amide bonds. The summed E-state index contributed by atoms with van der Waals surface area (Å²) in [5, 5.41) is 5.18. The van der Waals surface area contributed by atoms with E-state index >= 15 is 0 Å². The van der Waals surface area contributed by atoms with E-state index in [4.69, 9.17) is 44.3 Å². The van der Waals surface area contributed by atoms with Crippen molar-refractivity contribution in [1.82, 2.24) is 15.0 Å². The van der Waals surface area contributed by atoms with E-state index in [1.807, 2.05) is 0 Å². The lowest BCUT2D eigenvalue weighted by Crippen LogP contribution is -2.06. The van der Waals surface area contributed by atoms with Crippen LogP contribution >= 0.6 is 34.8 Å². The first-order valence-electron chi connectivity index (χ1n) is 8.22. The zero-order valence-electron chi connectivity index (χ0n) is 14.5. The Labute approximate surface area is 170 Å². The van der Waals surface area contributed by atoms with Gasteiger partial charge >= 0.3 is 0 Å². The van der Waals surface area contributed by atoms with E-state index in [-0.39, 0.29) is 0 Å². The molecule has 0 saturated heterocycles. The Hall–Kier alpha value is -2.02. The van der Waals surface area contributed by atoms with E-state index in [1.54, 1.807) is 18.3 Å². The summed E-state index contributed by atoms with van der Waals surface area (Å²) >= 11 is 19.1. The molecule has 0 unspecified atom stereocenters. The fraction of sp³-hybridized carbons (Fsp3) is 0.278. The van der Waals surface area contributed by atoms with E-state index in [9.17, 15) is 0 Å². The van der Waals surface area contributed by atoms with Crippen molar-refractivity contribution >= 4 is 51.5 Å². The normalized spacial score (nSPS) is 13.7. The van der Waals surface area contributed by atoms with Gasteiger partial charge in [-0.25, -0.2) is 15.0 Å². The van der Waals surface area contributed by atoms with Crippen LogP contribution < -0.4 is 14.8 Å². The molecular formula is C18H15Cl3N4O2. The van der Waals surface area contributed by atoms with Gasteiger partial charge in [0, 0.05) is 17.5 Å². The fourth-order valence-corrected chi connectivity index (χ4v) is 3.56. The van der Waals surface area contributed by atoms with Crippen LogP contribution in [0.25, 0.3) is 22.3 Å². The lowest BCUT2D eigenvalue weighted by Gasteiger charge is -2.15. The number of nitrogens with one attached hydrogen (secondary N) is 1. The molecule has 2 aromatic heterocycles. The second-order valence-electron chi connectivity index (χ2n) is 6.12. The molecule has 9 heteroatoms. The summed E-state index contributed by atoms with van der Waals surface area (Å²) in [5.74, 6) is 1.85. The minimum absolute atomic E-state index is 0.307. The molecule has 0 radical (unpaired) electrons. The highest BCUT2D eigenvalue weighted by Gasteiger charge is 2.25. The molecule has 2 heterocycles. The van der Waals surface area contributed by atoms with Gasteiger partial charge in [-0.2, -0.15) is 0 Å². The van der Waals surface area contributed by atoms with Gasteiger partial charge < -0.3 is 14.8 Å². The number of nitrogens with zero attached hydrogens (tertiary/aromatic N) is 3. The topological polar surface area (TPSA) is 69.2 Å². The van der Waals surface area contributed by atoms with Crippen LogP contribution in [0.3, 0.4) is 0 Å². The predicted octanol–water partition coefficient (Wildman–Crippen LogP) is 5.24. The molecule has 0 aliphatic heterocycles. The average Bonchev–Trinajstić information content (AvgIpc) is 3.47. The smallest absolute Gasteiger partial charge is 0.165 e. The van der Waals surface area contributed by atoms with E-state index in [0.29, 0.717) is 55.5 Å². The molecule has 1 aliphatic rings.